The molecule has 0 spiro atoms. The number of allylic oxidation sites excluding steroid dienone is 1. The standard InChI is InChI=1S/C9H8NO/c11-9-6-5-7-3-1-2-4-8(7)10-9/h1-4,6,11H,5H2. The summed E-state index contributed by atoms with van der Waals surface area (Å²) in [6.45, 7) is 0. The topological polar surface area (TPSA) is 34.3 Å². The first-order valence-electron chi connectivity index (χ1n) is 3.55. The Morgan fingerprint density at radius 2 is 2.09 bits per heavy atom. The maximum absolute atomic E-state index is 9.05. The summed E-state index contributed by atoms with van der Waals surface area (Å²) in [5, 5.41) is 13.0. The molecule has 0 saturated heterocycles. The number of nitrogens with zero attached hydrogens (tertiary/aromatic N) is 1. The number of aliphatic hydroxyl groups is 1. The molecule has 0 fully saturated rings. The normalized spacial score (nSPS) is 14.7. The molecule has 1 aliphatic rings. The first-order chi connectivity index (χ1) is 5.36. The van der Waals surface area contributed by atoms with Gasteiger partial charge in [-0.25, -0.2) is 5.32 Å². The van der Waals surface area contributed by atoms with Crippen LogP contribution in [-0.4, -0.2) is 5.11 Å². The van der Waals surface area contributed by atoms with Gasteiger partial charge in [0.1, 0.15) is 0 Å². The van der Waals surface area contributed by atoms with Crippen LogP contribution in [0.1, 0.15) is 5.56 Å². The average molecular weight is 146 g/mol. The summed E-state index contributed by atoms with van der Waals surface area (Å²) in [5.74, 6) is 0.128. The molecule has 55 valence electrons. The molecular weight excluding hydrogens is 138 g/mol. The van der Waals surface area contributed by atoms with E-state index in [1.807, 2.05) is 24.3 Å². The van der Waals surface area contributed by atoms with E-state index in [2.05, 4.69) is 5.32 Å². The van der Waals surface area contributed by atoms with Crippen molar-refractivity contribution in [1.29, 1.82) is 0 Å². The first kappa shape index (κ1) is 6.28. The summed E-state index contributed by atoms with van der Waals surface area (Å²) in [5.41, 5.74) is 2.05. The van der Waals surface area contributed by atoms with Crippen molar-refractivity contribution in [1.82, 2.24) is 5.32 Å². The molecule has 0 bridgehead atoms. The van der Waals surface area contributed by atoms with Crippen molar-refractivity contribution < 1.29 is 5.11 Å². The van der Waals surface area contributed by atoms with E-state index < -0.39 is 0 Å². The Hall–Kier alpha value is -1.44. The van der Waals surface area contributed by atoms with Crippen LogP contribution in [0.5, 0.6) is 0 Å². The first-order valence-corrected chi connectivity index (χ1v) is 3.55. The fourth-order valence-electron chi connectivity index (χ4n) is 1.16. The van der Waals surface area contributed by atoms with Gasteiger partial charge in [-0.3, -0.25) is 0 Å². The highest BCUT2D eigenvalue weighted by Crippen LogP contribution is 2.21. The SMILES string of the molecule is OC1=CCc2ccccc2[N]1. The van der Waals surface area contributed by atoms with Gasteiger partial charge in [0.05, 0.1) is 5.69 Å². The molecule has 1 N–H and O–H groups in total. The molecular formula is C9H8NO. The third-order valence-electron chi connectivity index (χ3n) is 1.73. The third kappa shape index (κ3) is 1.07. The van der Waals surface area contributed by atoms with Gasteiger partial charge in [-0.1, -0.05) is 18.2 Å². The van der Waals surface area contributed by atoms with Crippen LogP contribution < -0.4 is 5.32 Å². The zero-order valence-electron chi connectivity index (χ0n) is 5.99. The summed E-state index contributed by atoms with van der Waals surface area (Å²) in [4.78, 5) is 0. The number of aliphatic hydroxyl groups excluding tert-OH is 1. The second-order valence-electron chi connectivity index (χ2n) is 2.51. The number of hydrogen-bond acceptors (Lipinski definition) is 1. The molecule has 1 heterocycles. The van der Waals surface area contributed by atoms with E-state index in [-0.39, 0.29) is 5.88 Å². The number of hydrogen-bond donors (Lipinski definition) is 1. The second-order valence-corrected chi connectivity index (χ2v) is 2.51. The minimum atomic E-state index is 0.128. The molecule has 2 nitrogen and oxygen atoms in total. The van der Waals surface area contributed by atoms with Gasteiger partial charge in [-0.2, -0.15) is 0 Å². The molecule has 1 aromatic rings. The van der Waals surface area contributed by atoms with Gasteiger partial charge in [0.2, 0.25) is 5.88 Å². The maximum Gasteiger partial charge on any atom is 0.207 e. The smallest absolute Gasteiger partial charge is 0.207 e. The van der Waals surface area contributed by atoms with Crippen molar-refractivity contribution in [3.8, 4) is 0 Å². The largest absolute Gasteiger partial charge is 0.493 e. The second kappa shape index (κ2) is 2.31. The summed E-state index contributed by atoms with van der Waals surface area (Å²) >= 11 is 0. The maximum atomic E-state index is 9.05. The lowest BCUT2D eigenvalue weighted by molar-refractivity contribution is 0.376. The van der Waals surface area contributed by atoms with Crippen molar-refractivity contribution in [2.24, 2.45) is 0 Å². The Bertz CT molecular complexity index is 304. The van der Waals surface area contributed by atoms with E-state index in [9.17, 15) is 0 Å². The predicted octanol–water partition coefficient (Wildman–Crippen LogP) is 1.88. The van der Waals surface area contributed by atoms with Gasteiger partial charge >= 0.3 is 0 Å². The van der Waals surface area contributed by atoms with E-state index >= 15 is 0 Å². The van der Waals surface area contributed by atoms with Crippen molar-refractivity contribution in [3.63, 3.8) is 0 Å². The molecule has 1 aliphatic heterocycles. The van der Waals surface area contributed by atoms with Gasteiger partial charge in [0, 0.05) is 0 Å². The lowest BCUT2D eigenvalue weighted by atomic mass is 10.1. The highest BCUT2D eigenvalue weighted by molar-refractivity contribution is 5.49. The van der Waals surface area contributed by atoms with Crippen molar-refractivity contribution in [3.05, 3.63) is 41.8 Å². The van der Waals surface area contributed by atoms with E-state index in [1.54, 1.807) is 6.08 Å². The predicted molar refractivity (Wildman–Crippen MR) is 42.7 cm³/mol. The molecule has 2 rings (SSSR count). The Labute approximate surface area is 65.2 Å². The Kier molecular flexibility index (Phi) is 1.32. The van der Waals surface area contributed by atoms with Crippen LogP contribution in [0.4, 0.5) is 5.69 Å². The molecule has 0 aromatic heterocycles. The van der Waals surface area contributed by atoms with Crippen molar-refractivity contribution >= 4 is 5.69 Å². The quantitative estimate of drug-likeness (QED) is 0.595. The van der Waals surface area contributed by atoms with E-state index in [0.717, 1.165) is 12.1 Å². The van der Waals surface area contributed by atoms with Crippen LogP contribution >= 0.6 is 0 Å². The fourth-order valence-corrected chi connectivity index (χ4v) is 1.16. The molecule has 0 aliphatic carbocycles. The van der Waals surface area contributed by atoms with Gasteiger partial charge in [0.15, 0.2) is 0 Å². The van der Waals surface area contributed by atoms with Crippen LogP contribution in [-0.2, 0) is 6.42 Å². The minimum absolute atomic E-state index is 0.128. The van der Waals surface area contributed by atoms with E-state index in [1.165, 1.54) is 5.56 Å². The number of benzene rings is 1. The molecule has 0 unspecified atom stereocenters. The lowest BCUT2D eigenvalue weighted by Crippen LogP contribution is -2.05. The summed E-state index contributed by atoms with van der Waals surface area (Å²) in [6, 6.07) is 7.81. The van der Waals surface area contributed by atoms with E-state index in [4.69, 9.17) is 5.11 Å². The zero-order valence-corrected chi connectivity index (χ0v) is 5.99. The Morgan fingerprint density at radius 3 is 3.00 bits per heavy atom. The average Bonchev–Trinajstić information content (AvgIpc) is 2.04. The number of fused-ring (bicyclic) bond motifs is 1. The molecule has 1 aromatic carbocycles. The highest BCUT2D eigenvalue weighted by atomic mass is 16.3. The monoisotopic (exact) mass is 146 g/mol. The zero-order chi connectivity index (χ0) is 7.68. The molecule has 0 amide bonds. The Balaban J connectivity index is 2.42. The summed E-state index contributed by atoms with van der Waals surface area (Å²) in [6.07, 6.45) is 2.49. The molecule has 1 radical (unpaired) electrons. The number of para-hydroxylation sites is 1. The Morgan fingerprint density at radius 1 is 1.27 bits per heavy atom. The van der Waals surface area contributed by atoms with E-state index in [0.29, 0.717) is 0 Å². The van der Waals surface area contributed by atoms with Crippen molar-refractivity contribution in [2.45, 2.75) is 6.42 Å². The number of rotatable bonds is 0. The van der Waals surface area contributed by atoms with Crippen LogP contribution in [0.15, 0.2) is 36.2 Å². The lowest BCUT2D eigenvalue weighted by Gasteiger charge is -2.11. The third-order valence-corrected chi connectivity index (χ3v) is 1.73. The van der Waals surface area contributed by atoms with Crippen molar-refractivity contribution in [2.75, 3.05) is 0 Å². The molecule has 0 saturated carbocycles. The van der Waals surface area contributed by atoms with Gasteiger partial charge < -0.3 is 5.11 Å². The minimum Gasteiger partial charge on any atom is -0.493 e. The van der Waals surface area contributed by atoms with Gasteiger partial charge in [-0.05, 0) is 24.1 Å². The summed E-state index contributed by atoms with van der Waals surface area (Å²) < 4.78 is 0. The van der Waals surface area contributed by atoms with Crippen LogP contribution in [0, 0.1) is 0 Å². The molecule has 2 heteroatoms. The van der Waals surface area contributed by atoms with Crippen LogP contribution in [0.2, 0.25) is 0 Å². The van der Waals surface area contributed by atoms with Crippen LogP contribution in [0.3, 0.4) is 0 Å². The molecule has 0 atom stereocenters. The highest BCUT2D eigenvalue weighted by Gasteiger charge is 2.08. The fraction of sp³-hybridized carbons (Fsp3) is 0.111. The molecule has 11 heavy (non-hydrogen) atoms. The summed E-state index contributed by atoms with van der Waals surface area (Å²) in [7, 11) is 0. The van der Waals surface area contributed by atoms with Gasteiger partial charge in [0.25, 0.3) is 0 Å². The van der Waals surface area contributed by atoms with Gasteiger partial charge in [-0.15, -0.1) is 0 Å². The van der Waals surface area contributed by atoms with Crippen LogP contribution in [0.25, 0.3) is 0 Å².